The third-order valence-electron chi connectivity index (χ3n) is 8.99. The third-order valence-corrected chi connectivity index (χ3v) is 8.99. The van der Waals surface area contributed by atoms with Crippen LogP contribution in [-0.4, -0.2) is 41.7 Å². The molecule has 3 aromatic rings. The van der Waals surface area contributed by atoms with Crippen molar-refractivity contribution in [1.29, 1.82) is 0 Å². The first-order valence-corrected chi connectivity index (χ1v) is 13.3. The molecule has 4 atom stereocenters. The SMILES string of the molecule is CCOc1ccccc1C(=O)[C@H]1[C@H]2CCCN2[C@]2(C(=O)Nc3ccc(C)cc32)[C@]12C(=O)Nc1ccccc12. The van der Waals surface area contributed by atoms with Gasteiger partial charge in [-0.25, -0.2) is 0 Å². The molecule has 2 saturated heterocycles. The van der Waals surface area contributed by atoms with Gasteiger partial charge >= 0.3 is 0 Å². The number of Topliss-reactive ketones (excluding diaryl/α,β-unsaturated/α-hetero) is 1. The van der Waals surface area contributed by atoms with E-state index < -0.39 is 16.9 Å². The van der Waals surface area contributed by atoms with Gasteiger partial charge in [-0.3, -0.25) is 19.3 Å². The van der Waals surface area contributed by atoms with Gasteiger partial charge in [0.05, 0.1) is 18.1 Å². The number of nitrogens with zero attached hydrogens (tertiary/aromatic N) is 1. The minimum absolute atomic E-state index is 0.163. The molecule has 4 aliphatic rings. The molecule has 7 rings (SSSR count). The van der Waals surface area contributed by atoms with E-state index in [2.05, 4.69) is 15.5 Å². The average Bonchev–Trinajstić information content (AvgIpc) is 3.63. The van der Waals surface area contributed by atoms with Crippen LogP contribution in [0.5, 0.6) is 5.75 Å². The summed E-state index contributed by atoms with van der Waals surface area (Å²) >= 11 is 0. The molecule has 4 aliphatic heterocycles. The van der Waals surface area contributed by atoms with E-state index in [9.17, 15) is 14.4 Å². The topological polar surface area (TPSA) is 87.7 Å². The van der Waals surface area contributed by atoms with Crippen LogP contribution in [0.1, 0.15) is 46.8 Å². The van der Waals surface area contributed by atoms with E-state index in [1.807, 2.05) is 68.4 Å². The predicted molar refractivity (Wildman–Crippen MR) is 143 cm³/mol. The minimum Gasteiger partial charge on any atom is -0.493 e. The molecule has 7 heteroatoms. The molecule has 0 unspecified atom stereocenters. The second kappa shape index (κ2) is 8.01. The summed E-state index contributed by atoms with van der Waals surface area (Å²) in [5.74, 6) is -0.995. The van der Waals surface area contributed by atoms with Crippen molar-refractivity contribution in [3.8, 4) is 5.75 Å². The summed E-state index contributed by atoms with van der Waals surface area (Å²) in [7, 11) is 0. The largest absolute Gasteiger partial charge is 0.493 e. The summed E-state index contributed by atoms with van der Waals surface area (Å²) in [6.07, 6.45) is 1.57. The summed E-state index contributed by atoms with van der Waals surface area (Å²) < 4.78 is 5.87. The number of ketones is 1. The van der Waals surface area contributed by atoms with E-state index in [4.69, 9.17) is 4.74 Å². The molecule has 38 heavy (non-hydrogen) atoms. The van der Waals surface area contributed by atoms with Crippen molar-refractivity contribution in [2.45, 2.75) is 43.7 Å². The van der Waals surface area contributed by atoms with Gasteiger partial charge in [0.2, 0.25) is 5.91 Å². The van der Waals surface area contributed by atoms with Crippen LogP contribution in [0.15, 0.2) is 66.7 Å². The summed E-state index contributed by atoms with van der Waals surface area (Å²) in [6.45, 7) is 4.91. The number of rotatable bonds is 4. The number of anilines is 2. The first kappa shape index (κ1) is 23.2. The Hall–Kier alpha value is -3.97. The predicted octanol–water partition coefficient (Wildman–Crippen LogP) is 4.41. The molecule has 0 radical (unpaired) electrons. The van der Waals surface area contributed by atoms with Gasteiger partial charge in [0.1, 0.15) is 16.7 Å². The first-order chi connectivity index (χ1) is 18.5. The fourth-order valence-electron chi connectivity index (χ4n) is 7.81. The van der Waals surface area contributed by atoms with Crippen LogP contribution in [0.4, 0.5) is 11.4 Å². The second-order valence-electron chi connectivity index (χ2n) is 10.7. The number of nitrogens with one attached hydrogen (secondary N) is 2. The molecule has 2 amide bonds. The molecule has 0 bridgehead atoms. The van der Waals surface area contributed by atoms with Crippen LogP contribution < -0.4 is 15.4 Å². The Morgan fingerprint density at radius 2 is 1.71 bits per heavy atom. The van der Waals surface area contributed by atoms with Crippen molar-refractivity contribution < 1.29 is 19.1 Å². The van der Waals surface area contributed by atoms with Gasteiger partial charge in [0, 0.05) is 23.0 Å². The lowest BCUT2D eigenvalue weighted by Crippen LogP contribution is -2.62. The monoisotopic (exact) mass is 507 g/mol. The summed E-state index contributed by atoms with van der Waals surface area (Å²) in [6, 6.07) is 20.4. The maximum Gasteiger partial charge on any atom is 0.251 e. The highest BCUT2D eigenvalue weighted by molar-refractivity contribution is 6.21. The fraction of sp³-hybridized carbons (Fsp3) is 0.323. The Morgan fingerprint density at radius 1 is 0.974 bits per heavy atom. The number of carbonyl (C=O) groups excluding carboxylic acids is 3. The Labute approximate surface area is 221 Å². The van der Waals surface area contributed by atoms with Crippen molar-refractivity contribution >= 4 is 29.0 Å². The smallest absolute Gasteiger partial charge is 0.251 e. The Balaban J connectivity index is 1.58. The van der Waals surface area contributed by atoms with Crippen molar-refractivity contribution in [2.24, 2.45) is 5.92 Å². The van der Waals surface area contributed by atoms with E-state index in [1.54, 1.807) is 12.1 Å². The maximum atomic E-state index is 14.8. The molecular formula is C31H29N3O4. The minimum atomic E-state index is -1.45. The molecule has 0 aromatic heterocycles. The molecule has 192 valence electrons. The van der Waals surface area contributed by atoms with Crippen molar-refractivity contribution in [3.63, 3.8) is 0 Å². The molecule has 2 fully saturated rings. The number of benzene rings is 3. The van der Waals surface area contributed by atoms with Crippen LogP contribution in [0.3, 0.4) is 0 Å². The van der Waals surface area contributed by atoms with Crippen LogP contribution in [0.25, 0.3) is 0 Å². The van der Waals surface area contributed by atoms with Crippen molar-refractivity contribution in [1.82, 2.24) is 4.90 Å². The van der Waals surface area contributed by atoms with Gasteiger partial charge in [-0.15, -0.1) is 0 Å². The highest BCUT2D eigenvalue weighted by atomic mass is 16.5. The van der Waals surface area contributed by atoms with Crippen LogP contribution in [-0.2, 0) is 20.5 Å². The van der Waals surface area contributed by atoms with Gasteiger partial charge in [-0.2, -0.15) is 0 Å². The third kappa shape index (κ3) is 2.59. The Kier molecular flexibility index (Phi) is 4.89. The highest BCUT2D eigenvalue weighted by Crippen LogP contribution is 2.68. The van der Waals surface area contributed by atoms with E-state index in [0.29, 0.717) is 41.4 Å². The van der Waals surface area contributed by atoms with Crippen LogP contribution in [0.2, 0.25) is 0 Å². The molecule has 2 N–H and O–H groups in total. The highest BCUT2D eigenvalue weighted by Gasteiger charge is 2.81. The number of aryl methyl sites for hydroxylation is 1. The lowest BCUT2D eigenvalue weighted by Gasteiger charge is -2.43. The Morgan fingerprint density at radius 3 is 2.55 bits per heavy atom. The fourth-order valence-corrected chi connectivity index (χ4v) is 7.81. The standard InChI is InChI=1S/C31H29N3O4/c1-3-38-25-13-7-4-9-19(25)27(35)26-24-12-8-16-34(24)31(21-17-18(2)14-15-23(21)33-29(31)37)30(26)20-10-5-6-11-22(20)32-28(30)36/h4-7,9-11,13-15,17,24,26H,3,8,12,16H2,1-2H3,(H,32,36)(H,33,37)/t24-,26-,30+,31-/m1/s1. The van der Waals surface area contributed by atoms with Crippen LogP contribution >= 0.6 is 0 Å². The molecule has 3 aromatic carbocycles. The number of hydrogen-bond acceptors (Lipinski definition) is 5. The molecule has 0 aliphatic carbocycles. The molecule has 0 saturated carbocycles. The zero-order chi connectivity index (χ0) is 26.2. The first-order valence-electron chi connectivity index (χ1n) is 13.3. The normalized spacial score (nSPS) is 28.8. The second-order valence-corrected chi connectivity index (χ2v) is 10.7. The number of amides is 2. The van der Waals surface area contributed by atoms with Gasteiger partial charge in [0.25, 0.3) is 5.91 Å². The van der Waals surface area contributed by atoms with Crippen molar-refractivity contribution in [3.05, 3.63) is 89.0 Å². The summed E-state index contributed by atoms with van der Waals surface area (Å²) in [4.78, 5) is 46.0. The van der Waals surface area contributed by atoms with Crippen LogP contribution in [0, 0.1) is 12.8 Å². The van der Waals surface area contributed by atoms with Gasteiger partial charge in [0.15, 0.2) is 5.78 Å². The van der Waals surface area contributed by atoms with E-state index in [0.717, 1.165) is 24.0 Å². The van der Waals surface area contributed by atoms with Gasteiger partial charge in [-0.1, -0.05) is 48.0 Å². The molecule has 4 heterocycles. The zero-order valence-corrected chi connectivity index (χ0v) is 21.4. The Bertz CT molecular complexity index is 1530. The molecular weight excluding hydrogens is 478 g/mol. The van der Waals surface area contributed by atoms with Gasteiger partial charge in [-0.05, 0) is 63.1 Å². The summed E-state index contributed by atoms with van der Waals surface area (Å²) in [5, 5.41) is 6.19. The quantitative estimate of drug-likeness (QED) is 0.511. The average molecular weight is 508 g/mol. The number of ether oxygens (including phenoxy) is 1. The number of para-hydroxylation sites is 2. The maximum absolute atomic E-state index is 14.8. The van der Waals surface area contributed by atoms with Crippen molar-refractivity contribution in [2.75, 3.05) is 23.8 Å². The number of carbonyl (C=O) groups is 3. The van der Waals surface area contributed by atoms with Gasteiger partial charge < -0.3 is 15.4 Å². The lowest BCUT2D eigenvalue weighted by molar-refractivity contribution is -0.137. The molecule has 7 nitrogen and oxygen atoms in total. The lowest BCUT2D eigenvalue weighted by atomic mass is 9.57. The van der Waals surface area contributed by atoms with E-state index in [1.165, 1.54) is 0 Å². The molecule has 2 spiro atoms. The number of fused-ring (bicyclic) bond motifs is 7. The summed E-state index contributed by atoms with van der Waals surface area (Å²) in [5.41, 5.74) is 1.47. The zero-order valence-electron chi connectivity index (χ0n) is 21.4. The van der Waals surface area contributed by atoms with E-state index >= 15 is 0 Å². The van der Waals surface area contributed by atoms with E-state index in [-0.39, 0.29) is 23.6 Å². The number of hydrogen-bond donors (Lipinski definition) is 2.